The van der Waals surface area contributed by atoms with Gasteiger partial charge in [0.15, 0.2) is 10.8 Å². The number of carbonyl (C=O) groups excluding carboxylic acids is 1. The van der Waals surface area contributed by atoms with Gasteiger partial charge in [0.1, 0.15) is 0 Å². The van der Waals surface area contributed by atoms with Crippen LogP contribution in [0.2, 0.25) is 0 Å². The first-order chi connectivity index (χ1) is 11.2. The number of benzene rings is 2. The number of nitrogens with zero attached hydrogens (tertiary/aromatic N) is 3. The molecule has 0 aliphatic carbocycles. The molecular formula is C16H9N5OS. The Hall–Kier alpha value is -3.42. The smallest absolute Gasteiger partial charge is 0.308 e. The number of anilines is 2. The molecule has 0 radical (unpaired) electrons. The predicted octanol–water partition coefficient (Wildman–Crippen LogP) is 4.36. The molecular weight excluding hydrogens is 310 g/mol. The first-order valence-electron chi connectivity index (χ1n) is 6.54. The Morgan fingerprint density at radius 3 is 2.91 bits per heavy atom. The summed E-state index contributed by atoms with van der Waals surface area (Å²) in [5.41, 5.74) is 2.25. The van der Waals surface area contributed by atoms with Gasteiger partial charge in [0.05, 0.1) is 23.7 Å². The summed E-state index contributed by atoms with van der Waals surface area (Å²) in [7, 11) is 0. The van der Waals surface area contributed by atoms with E-state index in [1.54, 1.807) is 42.5 Å². The number of carbonyl (C=O) groups is 1. The maximum atomic E-state index is 12.0. The molecule has 6 nitrogen and oxygen atoms in total. The Morgan fingerprint density at radius 1 is 1.26 bits per heavy atom. The predicted molar refractivity (Wildman–Crippen MR) is 89.7 cm³/mol. The van der Waals surface area contributed by atoms with Crippen LogP contribution in [0.25, 0.3) is 15.1 Å². The zero-order valence-electron chi connectivity index (χ0n) is 11.7. The molecule has 7 heteroatoms. The molecule has 1 aromatic heterocycles. The summed E-state index contributed by atoms with van der Waals surface area (Å²) in [5.74, 6) is 0. The lowest BCUT2D eigenvalue weighted by atomic mass is 10.2. The molecule has 0 saturated heterocycles. The lowest BCUT2D eigenvalue weighted by Crippen LogP contribution is -2.19. The molecule has 3 rings (SSSR count). The summed E-state index contributed by atoms with van der Waals surface area (Å²) in [6.45, 7) is 7.00. The van der Waals surface area contributed by atoms with Gasteiger partial charge in [0.2, 0.25) is 0 Å². The second kappa shape index (κ2) is 6.14. The average molecular weight is 319 g/mol. The number of thiazole rings is 1. The fourth-order valence-corrected chi connectivity index (χ4v) is 2.86. The van der Waals surface area contributed by atoms with Gasteiger partial charge in [0, 0.05) is 10.4 Å². The summed E-state index contributed by atoms with van der Waals surface area (Å²) in [4.78, 5) is 19.7. The Balaban J connectivity index is 1.75. The molecule has 0 atom stereocenters. The molecule has 0 bridgehead atoms. The van der Waals surface area contributed by atoms with Crippen molar-refractivity contribution in [3.05, 3.63) is 59.4 Å². The van der Waals surface area contributed by atoms with Crippen molar-refractivity contribution in [3.63, 3.8) is 0 Å². The Bertz CT molecular complexity index is 980. The van der Waals surface area contributed by atoms with Gasteiger partial charge in [-0.25, -0.2) is 14.6 Å². The fourth-order valence-electron chi connectivity index (χ4n) is 1.96. The largest absolute Gasteiger partial charge is 0.325 e. The van der Waals surface area contributed by atoms with E-state index in [0.717, 1.165) is 10.2 Å². The summed E-state index contributed by atoms with van der Waals surface area (Å²) in [5, 5.41) is 14.6. The highest BCUT2D eigenvalue weighted by molar-refractivity contribution is 7.22. The van der Waals surface area contributed by atoms with Crippen LogP contribution in [0.15, 0.2) is 42.5 Å². The lowest BCUT2D eigenvalue weighted by molar-refractivity contribution is 0.262. The van der Waals surface area contributed by atoms with Crippen LogP contribution in [-0.4, -0.2) is 11.0 Å². The Labute approximate surface area is 135 Å². The van der Waals surface area contributed by atoms with Gasteiger partial charge in [-0.15, -0.1) is 0 Å². The highest BCUT2D eigenvalue weighted by atomic mass is 32.1. The number of hydrogen-bond donors (Lipinski definition) is 2. The van der Waals surface area contributed by atoms with Crippen molar-refractivity contribution in [2.24, 2.45) is 0 Å². The zero-order valence-corrected chi connectivity index (χ0v) is 12.5. The summed E-state index contributed by atoms with van der Waals surface area (Å²) in [6.07, 6.45) is 0. The van der Waals surface area contributed by atoms with Crippen LogP contribution >= 0.6 is 11.3 Å². The number of fused-ring (bicyclic) bond motifs is 1. The van der Waals surface area contributed by atoms with Gasteiger partial charge < -0.3 is 5.32 Å². The minimum Gasteiger partial charge on any atom is -0.308 e. The average Bonchev–Trinajstić information content (AvgIpc) is 2.95. The molecule has 0 aliphatic rings. The van der Waals surface area contributed by atoms with E-state index < -0.39 is 6.03 Å². The van der Waals surface area contributed by atoms with Gasteiger partial charge in [-0.2, -0.15) is 5.26 Å². The number of aromatic nitrogens is 1. The molecule has 1 heterocycles. The van der Waals surface area contributed by atoms with E-state index in [9.17, 15) is 4.79 Å². The second-order valence-electron chi connectivity index (χ2n) is 4.55. The maximum Gasteiger partial charge on any atom is 0.325 e. The summed E-state index contributed by atoms with van der Waals surface area (Å²) < 4.78 is 0.834. The quantitative estimate of drug-likeness (QED) is 0.688. The molecule has 0 saturated carbocycles. The number of hydrogen-bond acceptors (Lipinski definition) is 4. The Morgan fingerprint density at radius 2 is 2.13 bits per heavy atom. The van der Waals surface area contributed by atoms with Crippen LogP contribution < -0.4 is 10.6 Å². The van der Waals surface area contributed by atoms with E-state index in [-0.39, 0.29) is 0 Å². The van der Waals surface area contributed by atoms with E-state index in [1.165, 1.54) is 11.3 Å². The topological polar surface area (TPSA) is 82.2 Å². The van der Waals surface area contributed by atoms with Crippen molar-refractivity contribution in [3.8, 4) is 6.07 Å². The molecule has 2 amide bonds. The lowest BCUT2D eigenvalue weighted by Gasteiger charge is -2.05. The normalized spacial score (nSPS) is 9.83. The monoisotopic (exact) mass is 319 g/mol. The van der Waals surface area contributed by atoms with Gasteiger partial charge in [-0.05, 0) is 30.3 Å². The van der Waals surface area contributed by atoms with E-state index >= 15 is 0 Å². The number of rotatable bonds is 2. The van der Waals surface area contributed by atoms with Crippen molar-refractivity contribution in [2.45, 2.75) is 0 Å². The number of urea groups is 1. The molecule has 3 aromatic rings. The van der Waals surface area contributed by atoms with Crippen LogP contribution in [0.1, 0.15) is 5.56 Å². The molecule has 2 N–H and O–H groups in total. The zero-order chi connectivity index (χ0) is 16.2. The Kier molecular flexibility index (Phi) is 3.88. The maximum absolute atomic E-state index is 12.0. The van der Waals surface area contributed by atoms with Crippen molar-refractivity contribution in [1.82, 2.24) is 4.98 Å². The number of nitrogens with one attached hydrogen (secondary N) is 2. The second-order valence-corrected chi connectivity index (χ2v) is 5.59. The van der Waals surface area contributed by atoms with Crippen LogP contribution in [0.4, 0.5) is 21.3 Å². The van der Waals surface area contributed by atoms with E-state index in [4.69, 9.17) is 11.8 Å². The van der Waals surface area contributed by atoms with Crippen molar-refractivity contribution in [1.29, 1.82) is 5.26 Å². The van der Waals surface area contributed by atoms with Crippen molar-refractivity contribution >= 4 is 44.1 Å². The van der Waals surface area contributed by atoms with Crippen LogP contribution in [0.5, 0.6) is 0 Å². The molecule has 2 aromatic carbocycles. The third kappa shape index (κ3) is 3.26. The first-order valence-corrected chi connectivity index (χ1v) is 7.36. The van der Waals surface area contributed by atoms with Crippen LogP contribution in [0.3, 0.4) is 0 Å². The van der Waals surface area contributed by atoms with Crippen molar-refractivity contribution in [2.75, 3.05) is 10.6 Å². The molecule has 0 spiro atoms. The van der Waals surface area contributed by atoms with Crippen LogP contribution in [-0.2, 0) is 0 Å². The van der Waals surface area contributed by atoms with E-state index in [1.807, 2.05) is 6.07 Å². The van der Waals surface area contributed by atoms with Crippen LogP contribution in [0, 0.1) is 17.9 Å². The highest BCUT2D eigenvalue weighted by Gasteiger charge is 2.08. The van der Waals surface area contributed by atoms with E-state index in [2.05, 4.69) is 20.5 Å². The molecule has 0 fully saturated rings. The fraction of sp³-hybridized carbons (Fsp3) is 0. The minimum absolute atomic E-state index is 0.440. The number of amides is 2. The highest BCUT2D eigenvalue weighted by Crippen LogP contribution is 2.29. The first kappa shape index (κ1) is 14.5. The molecule has 0 aliphatic heterocycles. The van der Waals surface area contributed by atoms with Crippen molar-refractivity contribution < 1.29 is 4.79 Å². The van der Waals surface area contributed by atoms with E-state index in [0.29, 0.717) is 22.1 Å². The SMILES string of the molecule is [C-]#[N+]c1ccc2nc(NC(=O)Nc3cccc(C#N)c3)sc2c1. The van der Waals surface area contributed by atoms with Gasteiger partial charge in [0.25, 0.3) is 0 Å². The van der Waals surface area contributed by atoms with Gasteiger partial charge >= 0.3 is 6.03 Å². The third-order valence-corrected chi connectivity index (χ3v) is 3.90. The molecule has 23 heavy (non-hydrogen) atoms. The molecule has 0 unspecified atom stereocenters. The number of nitriles is 1. The minimum atomic E-state index is -0.440. The van der Waals surface area contributed by atoms with Gasteiger partial charge in [-0.1, -0.05) is 23.5 Å². The standard InChI is InChI=1S/C16H9N5OS/c1-18-11-5-6-13-14(8-11)23-16(20-13)21-15(22)19-12-4-2-3-10(7-12)9-17/h2-8H,(H2,19,20,21,22). The summed E-state index contributed by atoms with van der Waals surface area (Å²) >= 11 is 1.29. The third-order valence-electron chi connectivity index (χ3n) is 2.97. The molecule has 110 valence electrons. The summed E-state index contributed by atoms with van der Waals surface area (Å²) in [6, 6.07) is 13.4. The van der Waals surface area contributed by atoms with Gasteiger partial charge in [-0.3, -0.25) is 5.32 Å².